The molecule has 2 rings (SSSR count). The molecule has 0 unspecified atom stereocenters. The highest BCUT2D eigenvalue weighted by Crippen LogP contribution is 2.42. The van der Waals surface area contributed by atoms with Crippen LogP contribution >= 0.6 is 11.6 Å². The van der Waals surface area contributed by atoms with Crippen molar-refractivity contribution in [3.63, 3.8) is 0 Å². The predicted octanol–water partition coefficient (Wildman–Crippen LogP) is 3.75. The molecule has 0 saturated carbocycles. The molecule has 2 aromatic rings. The monoisotopic (exact) mass is 305 g/mol. The van der Waals surface area contributed by atoms with Crippen molar-refractivity contribution in [2.75, 3.05) is 19.0 Å². The zero-order valence-corrected chi connectivity index (χ0v) is 12.9. The number of rotatable bonds is 3. The first kappa shape index (κ1) is 15.2. The van der Waals surface area contributed by atoms with Crippen LogP contribution in [0.4, 0.5) is 5.69 Å². The van der Waals surface area contributed by atoms with E-state index in [1.54, 1.807) is 50.2 Å². The van der Waals surface area contributed by atoms with Gasteiger partial charge in [-0.1, -0.05) is 18.2 Å². The van der Waals surface area contributed by atoms with E-state index in [0.717, 1.165) is 0 Å². The molecule has 0 atom stereocenters. The largest absolute Gasteiger partial charge is 0.507 e. The maximum absolute atomic E-state index is 11.9. The summed E-state index contributed by atoms with van der Waals surface area (Å²) in [5.74, 6) is -0.0659. The normalized spacial score (nSPS) is 10.5. The van der Waals surface area contributed by atoms with Crippen LogP contribution in [-0.4, -0.2) is 25.2 Å². The Morgan fingerprint density at radius 1 is 1.29 bits per heavy atom. The minimum absolute atomic E-state index is 0.0753. The van der Waals surface area contributed by atoms with Gasteiger partial charge in [-0.25, -0.2) is 4.79 Å². The van der Waals surface area contributed by atoms with Crippen LogP contribution in [0.25, 0.3) is 10.8 Å². The Morgan fingerprint density at radius 2 is 1.95 bits per heavy atom. The average molecular weight is 306 g/mol. The number of hydrogen-bond acceptors (Lipinski definition) is 4. The first-order valence-corrected chi connectivity index (χ1v) is 6.69. The highest BCUT2D eigenvalue weighted by atomic mass is 35.5. The number of fused-ring (bicyclic) bond motifs is 1. The Kier molecular flexibility index (Phi) is 4.09. The van der Waals surface area contributed by atoms with Gasteiger partial charge in [-0.3, -0.25) is 0 Å². The Morgan fingerprint density at radius 3 is 2.52 bits per heavy atom. The molecular formula is C16H16ClNO3. The third-order valence-corrected chi connectivity index (χ3v) is 3.27. The smallest absolute Gasteiger partial charge is 0.338 e. The number of anilines is 1. The van der Waals surface area contributed by atoms with E-state index in [4.69, 9.17) is 16.3 Å². The van der Waals surface area contributed by atoms with Crippen molar-refractivity contribution in [3.05, 3.63) is 41.4 Å². The molecule has 0 fully saturated rings. The lowest BCUT2D eigenvalue weighted by Gasteiger charge is -2.20. The van der Waals surface area contributed by atoms with Crippen LogP contribution < -0.4 is 9.64 Å². The molecule has 0 aromatic heterocycles. The van der Waals surface area contributed by atoms with Crippen molar-refractivity contribution in [2.45, 2.75) is 6.92 Å². The van der Waals surface area contributed by atoms with Crippen molar-refractivity contribution < 1.29 is 14.6 Å². The van der Waals surface area contributed by atoms with Crippen molar-refractivity contribution in [2.24, 2.45) is 0 Å². The Hall–Kier alpha value is -2.20. The lowest BCUT2D eigenvalue weighted by Crippen LogP contribution is -2.14. The second-order valence-corrected chi connectivity index (χ2v) is 5.43. The highest BCUT2D eigenvalue weighted by molar-refractivity contribution is 6.31. The van der Waals surface area contributed by atoms with Gasteiger partial charge in [0.15, 0.2) is 5.75 Å². The van der Waals surface area contributed by atoms with Crippen LogP contribution in [0.1, 0.15) is 6.92 Å². The summed E-state index contributed by atoms with van der Waals surface area (Å²) in [6.45, 7) is 5.16. The topological polar surface area (TPSA) is 49.8 Å². The zero-order valence-electron chi connectivity index (χ0n) is 12.1. The molecule has 0 aliphatic rings. The van der Waals surface area contributed by atoms with E-state index < -0.39 is 5.97 Å². The van der Waals surface area contributed by atoms with Gasteiger partial charge in [-0.15, -0.1) is 0 Å². The number of ether oxygens (including phenoxy) is 1. The third kappa shape index (κ3) is 2.95. The standard InChI is InChI=1S/C16H16ClNO3/c1-9(2)16(20)21-15-11-6-5-10(17)7-12(11)14(19)8-13(15)18(3)4/h5-8,19H,1H2,2-4H3. The Labute approximate surface area is 128 Å². The molecule has 0 aliphatic heterocycles. The van der Waals surface area contributed by atoms with Crippen LogP contribution in [0.15, 0.2) is 36.4 Å². The van der Waals surface area contributed by atoms with Gasteiger partial charge in [0.1, 0.15) is 5.75 Å². The molecule has 0 saturated heterocycles. The molecule has 4 nitrogen and oxygen atoms in total. The predicted molar refractivity (Wildman–Crippen MR) is 85.4 cm³/mol. The number of carbonyl (C=O) groups is 1. The average Bonchev–Trinajstić information content (AvgIpc) is 2.41. The van der Waals surface area contributed by atoms with Gasteiger partial charge in [-0.05, 0) is 25.1 Å². The molecule has 0 heterocycles. The lowest BCUT2D eigenvalue weighted by atomic mass is 10.1. The van der Waals surface area contributed by atoms with E-state index in [2.05, 4.69) is 6.58 Å². The molecule has 0 spiro atoms. The maximum atomic E-state index is 11.9. The summed E-state index contributed by atoms with van der Waals surface area (Å²) in [4.78, 5) is 13.6. The number of nitrogens with zero attached hydrogens (tertiary/aromatic N) is 1. The van der Waals surface area contributed by atoms with Gasteiger partial charge < -0.3 is 14.7 Å². The van der Waals surface area contributed by atoms with Crippen LogP contribution in [0.2, 0.25) is 5.02 Å². The fourth-order valence-electron chi connectivity index (χ4n) is 1.96. The van der Waals surface area contributed by atoms with Gasteiger partial charge in [0.05, 0.1) is 5.69 Å². The minimum Gasteiger partial charge on any atom is -0.507 e. The van der Waals surface area contributed by atoms with Crippen LogP contribution in [-0.2, 0) is 4.79 Å². The molecule has 21 heavy (non-hydrogen) atoms. The Balaban J connectivity index is 2.74. The second-order valence-electron chi connectivity index (χ2n) is 5.00. The number of halogens is 1. The van der Waals surface area contributed by atoms with Crippen LogP contribution in [0, 0.1) is 0 Å². The number of hydrogen-bond donors (Lipinski definition) is 1. The first-order valence-electron chi connectivity index (χ1n) is 6.31. The van der Waals surface area contributed by atoms with Gasteiger partial charge in [-0.2, -0.15) is 0 Å². The van der Waals surface area contributed by atoms with Crippen LogP contribution in [0.5, 0.6) is 11.5 Å². The summed E-state index contributed by atoms with van der Waals surface area (Å²) in [6, 6.07) is 6.57. The van der Waals surface area contributed by atoms with Gasteiger partial charge in [0.2, 0.25) is 0 Å². The number of aromatic hydroxyl groups is 1. The fraction of sp³-hybridized carbons (Fsp3) is 0.188. The minimum atomic E-state index is -0.514. The number of carbonyl (C=O) groups excluding carboxylic acids is 1. The van der Waals surface area contributed by atoms with E-state index >= 15 is 0 Å². The van der Waals surface area contributed by atoms with Gasteiger partial charge in [0.25, 0.3) is 0 Å². The summed E-state index contributed by atoms with van der Waals surface area (Å²) in [5.41, 5.74) is 0.895. The second kappa shape index (κ2) is 5.66. The van der Waals surface area contributed by atoms with E-state index in [1.807, 2.05) is 0 Å². The van der Waals surface area contributed by atoms with Gasteiger partial charge >= 0.3 is 5.97 Å². The first-order chi connectivity index (χ1) is 9.81. The molecule has 5 heteroatoms. The highest BCUT2D eigenvalue weighted by Gasteiger charge is 2.18. The quantitative estimate of drug-likeness (QED) is 0.533. The number of phenols is 1. The van der Waals surface area contributed by atoms with E-state index in [1.165, 1.54) is 0 Å². The number of esters is 1. The number of phenolic OH excluding ortho intramolecular Hbond substituents is 1. The molecule has 0 radical (unpaired) electrons. The zero-order chi connectivity index (χ0) is 15.7. The lowest BCUT2D eigenvalue weighted by molar-refractivity contribution is -0.129. The molecule has 1 N–H and O–H groups in total. The SMILES string of the molecule is C=C(C)C(=O)Oc1c(N(C)C)cc(O)c2cc(Cl)ccc12. The Bertz CT molecular complexity index is 738. The summed E-state index contributed by atoms with van der Waals surface area (Å²) in [6.07, 6.45) is 0. The third-order valence-electron chi connectivity index (χ3n) is 3.03. The molecule has 0 aliphatic carbocycles. The summed E-state index contributed by atoms with van der Waals surface area (Å²) < 4.78 is 5.44. The summed E-state index contributed by atoms with van der Waals surface area (Å²) in [7, 11) is 3.60. The van der Waals surface area contributed by atoms with Crippen molar-refractivity contribution in [3.8, 4) is 11.5 Å². The maximum Gasteiger partial charge on any atom is 0.338 e. The summed E-state index contributed by atoms with van der Waals surface area (Å²) >= 11 is 5.96. The fourth-order valence-corrected chi connectivity index (χ4v) is 2.13. The van der Waals surface area contributed by atoms with Crippen molar-refractivity contribution >= 4 is 34.0 Å². The molecular weight excluding hydrogens is 290 g/mol. The van der Waals surface area contributed by atoms with Gasteiger partial charge in [0, 0.05) is 41.5 Å². The number of benzene rings is 2. The van der Waals surface area contributed by atoms with E-state index in [-0.39, 0.29) is 5.75 Å². The van der Waals surface area contributed by atoms with E-state index in [0.29, 0.717) is 32.8 Å². The van der Waals surface area contributed by atoms with Crippen molar-refractivity contribution in [1.82, 2.24) is 0 Å². The molecule has 0 amide bonds. The van der Waals surface area contributed by atoms with E-state index in [9.17, 15) is 9.90 Å². The molecule has 0 bridgehead atoms. The van der Waals surface area contributed by atoms with Crippen LogP contribution in [0.3, 0.4) is 0 Å². The molecule has 110 valence electrons. The molecule has 2 aromatic carbocycles. The van der Waals surface area contributed by atoms with Crippen molar-refractivity contribution in [1.29, 1.82) is 0 Å². The summed E-state index contributed by atoms with van der Waals surface area (Å²) in [5, 5.41) is 11.8.